The van der Waals surface area contributed by atoms with E-state index in [1.54, 1.807) is 13.8 Å². The van der Waals surface area contributed by atoms with Crippen molar-refractivity contribution in [1.29, 1.82) is 0 Å². The second kappa shape index (κ2) is 53.9. The van der Waals surface area contributed by atoms with Gasteiger partial charge in [0.2, 0.25) is 0 Å². The van der Waals surface area contributed by atoms with Crippen molar-refractivity contribution in [1.82, 2.24) is 0 Å². The number of aliphatic hydroxyl groups excluding tert-OH is 4. The van der Waals surface area contributed by atoms with Gasteiger partial charge in [0.15, 0.2) is 0 Å². The van der Waals surface area contributed by atoms with E-state index in [1.807, 2.05) is 24.3 Å². The minimum absolute atomic E-state index is 0.144. The van der Waals surface area contributed by atoms with Crippen molar-refractivity contribution < 1.29 is 67.8 Å². The maximum Gasteiger partial charge on any atom is 0.0717 e. The summed E-state index contributed by atoms with van der Waals surface area (Å²) in [6, 6.07) is 8.02. The van der Waals surface area contributed by atoms with Crippen LogP contribution in [0.5, 0.6) is 0 Å². The van der Waals surface area contributed by atoms with E-state index in [0.29, 0.717) is 132 Å². The molecule has 26 heteroatoms. The van der Waals surface area contributed by atoms with Crippen molar-refractivity contribution in [2.45, 2.75) is 144 Å². The minimum Gasteiger partial charge on any atom is -0.396 e. The Balaban J connectivity index is 3.18. The average Bonchev–Trinajstić information content (AvgIpc) is 3.61. The summed E-state index contributed by atoms with van der Waals surface area (Å²) < 4.78 is 62.5. The number of nitrogens with zero attached hydrogens (tertiary/aromatic N) is 12. The number of ether oxygens (including phenoxy) is 10. The first-order valence-corrected chi connectivity index (χ1v) is 31.1. The minimum atomic E-state index is -0.790. The van der Waals surface area contributed by atoms with Crippen molar-refractivity contribution in [3.8, 4) is 0 Å². The number of hydrogen-bond acceptors (Lipinski definition) is 18. The van der Waals surface area contributed by atoms with Crippen LogP contribution in [0, 0.1) is 33.5 Å². The van der Waals surface area contributed by atoms with Gasteiger partial charge < -0.3 is 67.8 Å². The van der Waals surface area contributed by atoms with E-state index in [-0.39, 0.29) is 64.7 Å². The number of aliphatic hydroxyl groups is 4. The monoisotopic (exact) mass is 1220 g/mol. The molecule has 86 heavy (non-hydrogen) atoms. The third kappa shape index (κ3) is 44.4. The van der Waals surface area contributed by atoms with Crippen molar-refractivity contribution in [3.63, 3.8) is 0 Å². The molecule has 1 aromatic rings. The molecule has 0 atom stereocenters. The van der Waals surface area contributed by atoms with Crippen LogP contribution in [0.2, 0.25) is 0 Å². The average molecular weight is 1220 g/mol. The molecule has 1 aromatic carbocycles. The standard InChI is InChI=1S/C60H110N12O14/c1-57(41-73,42-74)45-83-37-55(38-84-46-58(2,43-75)44-76)35-81-33-53-21-23-54(24-22-53)34-82-36-56(39-85-51-59(3,47-77-29-17-9-5-13-25-65-69-61)48-78-30-18-10-6-14-26-66-70-62)40-86-52-60(4,49-79-31-19-11-7-15-27-67-71-63)50-80-32-20-12-8-16-28-68-72-64/h21-24,55-56,73-76H,5-20,25-52H2,1-4H3. The van der Waals surface area contributed by atoms with Gasteiger partial charge >= 0.3 is 0 Å². The first-order chi connectivity index (χ1) is 41.8. The molecule has 0 saturated heterocycles. The van der Waals surface area contributed by atoms with Crippen LogP contribution in [-0.2, 0) is 60.6 Å². The normalized spacial score (nSPS) is 13.5. The molecule has 0 unspecified atom stereocenters. The molecule has 4 N–H and O–H groups in total. The van der Waals surface area contributed by atoms with E-state index < -0.39 is 21.7 Å². The Labute approximate surface area is 512 Å². The van der Waals surface area contributed by atoms with Gasteiger partial charge in [0.25, 0.3) is 0 Å². The van der Waals surface area contributed by atoms with Crippen molar-refractivity contribution in [3.05, 3.63) is 77.2 Å². The second-order valence-electron chi connectivity index (χ2n) is 24.2. The summed E-state index contributed by atoms with van der Waals surface area (Å²) in [4.78, 5) is 11.4. The number of rotatable bonds is 64. The van der Waals surface area contributed by atoms with Crippen LogP contribution in [0.4, 0.5) is 0 Å². The Morgan fingerprint density at radius 1 is 0.326 bits per heavy atom. The van der Waals surface area contributed by atoms with Gasteiger partial charge in [0.05, 0.1) is 132 Å². The molecule has 0 heterocycles. The Hall–Kier alpha value is -4.10. The maximum atomic E-state index is 9.74. The smallest absolute Gasteiger partial charge is 0.0717 e. The van der Waals surface area contributed by atoms with Crippen LogP contribution >= 0.6 is 0 Å². The van der Waals surface area contributed by atoms with E-state index in [1.165, 1.54) is 0 Å². The molecule has 0 radical (unpaired) electrons. The predicted molar refractivity (Wildman–Crippen MR) is 330 cm³/mol. The third-order valence-corrected chi connectivity index (χ3v) is 14.3. The lowest BCUT2D eigenvalue weighted by atomic mass is 9.94. The topological polar surface area (TPSA) is 368 Å². The number of hydrogen-bond donors (Lipinski definition) is 4. The van der Waals surface area contributed by atoms with Crippen molar-refractivity contribution >= 4 is 0 Å². The molecule has 0 spiro atoms. The summed E-state index contributed by atoms with van der Waals surface area (Å²) in [6.07, 6.45) is 14.7. The van der Waals surface area contributed by atoms with E-state index in [4.69, 9.17) is 69.5 Å². The fraction of sp³-hybridized carbons (Fsp3) is 0.900. The van der Waals surface area contributed by atoms with E-state index in [2.05, 4.69) is 54.0 Å². The highest BCUT2D eigenvalue weighted by atomic mass is 16.5. The maximum absolute atomic E-state index is 9.74. The van der Waals surface area contributed by atoms with Gasteiger partial charge in [-0.25, -0.2) is 0 Å². The zero-order chi connectivity index (χ0) is 63.0. The Morgan fingerprint density at radius 2 is 0.547 bits per heavy atom. The molecule has 494 valence electrons. The van der Waals surface area contributed by atoms with Crippen molar-refractivity contribution in [2.75, 3.05) is 172 Å². The molecule has 1 rings (SSSR count). The molecule has 0 aliphatic rings. The molecule has 0 amide bonds. The molecular formula is C60H110N12O14. The summed E-state index contributed by atoms with van der Waals surface area (Å²) >= 11 is 0. The van der Waals surface area contributed by atoms with Crippen LogP contribution in [0.1, 0.15) is 142 Å². The first-order valence-electron chi connectivity index (χ1n) is 31.1. The van der Waals surface area contributed by atoms with Crippen LogP contribution in [0.3, 0.4) is 0 Å². The van der Waals surface area contributed by atoms with Gasteiger partial charge in [-0.3, -0.25) is 0 Å². The van der Waals surface area contributed by atoms with Crippen LogP contribution < -0.4 is 0 Å². The second-order valence-corrected chi connectivity index (χ2v) is 24.2. The van der Waals surface area contributed by atoms with Crippen LogP contribution in [0.25, 0.3) is 41.8 Å². The molecule has 0 saturated carbocycles. The first kappa shape index (κ1) is 79.9. The lowest BCUT2D eigenvalue weighted by Gasteiger charge is -2.31. The molecule has 0 aromatic heterocycles. The van der Waals surface area contributed by atoms with E-state index >= 15 is 0 Å². The predicted octanol–water partition coefficient (Wildman–Crippen LogP) is 11.6. The van der Waals surface area contributed by atoms with Gasteiger partial charge in [0.1, 0.15) is 0 Å². The van der Waals surface area contributed by atoms with E-state index in [9.17, 15) is 20.4 Å². The quantitative estimate of drug-likeness (QED) is 0.0204. The van der Waals surface area contributed by atoms with E-state index in [0.717, 1.165) is 114 Å². The van der Waals surface area contributed by atoms with Gasteiger partial charge in [-0.05, 0) is 84.6 Å². The Kier molecular flexibility index (Phi) is 50.1. The van der Waals surface area contributed by atoms with Gasteiger partial charge in [-0.2, -0.15) is 0 Å². The Bertz CT molecular complexity index is 1790. The summed E-state index contributed by atoms with van der Waals surface area (Å²) in [5, 5.41) is 53.5. The molecule has 0 aliphatic heterocycles. The largest absolute Gasteiger partial charge is 0.396 e. The fourth-order valence-electron chi connectivity index (χ4n) is 8.54. The van der Waals surface area contributed by atoms with Crippen molar-refractivity contribution in [2.24, 2.45) is 54.0 Å². The third-order valence-electron chi connectivity index (χ3n) is 14.3. The lowest BCUT2D eigenvalue weighted by Crippen LogP contribution is -2.37. The van der Waals surface area contributed by atoms with Crippen LogP contribution in [0.15, 0.2) is 44.7 Å². The highest BCUT2D eigenvalue weighted by Crippen LogP contribution is 2.24. The lowest BCUT2D eigenvalue weighted by molar-refractivity contribution is -0.0913. The zero-order valence-corrected chi connectivity index (χ0v) is 52.8. The SMILES string of the molecule is CC(CO)(CO)COCC(COCc1ccc(COCC(COCC(C)(COCCCCCCN=[N+]=[N-])COCCCCCCN=[N+]=[N-])COCC(C)(COCCCCCCN=[N+]=[N-])COCCCCCCN=[N+]=[N-])cc1)COCC(C)(CO)CO. The zero-order valence-electron chi connectivity index (χ0n) is 52.8. The fourth-order valence-corrected chi connectivity index (χ4v) is 8.54. The summed E-state index contributed by atoms with van der Waals surface area (Å²) in [5.41, 5.74) is 33.8. The highest BCUT2D eigenvalue weighted by molar-refractivity contribution is 5.21. The Morgan fingerprint density at radius 3 is 0.791 bits per heavy atom. The summed E-state index contributed by atoms with van der Waals surface area (Å²) in [7, 11) is 0. The number of azide groups is 4. The number of unbranched alkanes of at least 4 members (excludes halogenated alkanes) is 12. The molecule has 0 fully saturated rings. The highest BCUT2D eigenvalue weighted by Gasteiger charge is 2.30. The molecule has 26 nitrogen and oxygen atoms in total. The molecule has 0 bridgehead atoms. The van der Waals surface area contributed by atoms with Gasteiger partial charge in [-0.15, -0.1) is 0 Å². The summed E-state index contributed by atoms with van der Waals surface area (Å²) in [6.45, 7) is 16.5. The molecular weight excluding hydrogens is 1110 g/mol. The van der Waals surface area contributed by atoms with Crippen LogP contribution in [-0.4, -0.2) is 192 Å². The van der Waals surface area contributed by atoms with Gasteiger partial charge in [0, 0.05) is 106 Å². The molecule has 0 aliphatic carbocycles. The van der Waals surface area contributed by atoms with Gasteiger partial charge in [-0.1, -0.05) is 124 Å². The number of benzene rings is 1. The summed E-state index contributed by atoms with van der Waals surface area (Å²) in [5.74, 6) is -0.341.